The van der Waals surface area contributed by atoms with E-state index in [0.717, 1.165) is 12.2 Å². The third-order valence-corrected chi connectivity index (χ3v) is 2.04. The molecule has 0 fully saturated rings. The second kappa shape index (κ2) is 3.92. The van der Waals surface area contributed by atoms with E-state index in [0.29, 0.717) is 10.3 Å². The standard InChI is InChI=1S/C7H9Cl2N3/c1-3-12(2)5-4-6(8)10-11-7(5)9/h4H,3H2,1-2H3. The molecule has 0 aromatic carbocycles. The molecule has 0 bridgehead atoms. The van der Waals surface area contributed by atoms with Gasteiger partial charge in [-0.1, -0.05) is 23.2 Å². The Morgan fingerprint density at radius 2 is 2.08 bits per heavy atom. The van der Waals surface area contributed by atoms with Crippen molar-refractivity contribution in [3.8, 4) is 0 Å². The number of halogens is 2. The van der Waals surface area contributed by atoms with E-state index >= 15 is 0 Å². The van der Waals surface area contributed by atoms with Gasteiger partial charge in [-0.25, -0.2) is 0 Å². The first-order valence-electron chi connectivity index (χ1n) is 3.55. The SMILES string of the molecule is CCN(C)c1cc(Cl)nnc1Cl. The summed E-state index contributed by atoms with van der Waals surface area (Å²) in [5, 5.41) is 8.04. The van der Waals surface area contributed by atoms with Crippen LogP contribution in [0.5, 0.6) is 0 Å². The van der Waals surface area contributed by atoms with Gasteiger partial charge in [-0.05, 0) is 6.92 Å². The number of hydrogen-bond acceptors (Lipinski definition) is 3. The van der Waals surface area contributed by atoms with Crippen molar-refractivity contribution in [1.29, 1.82) is 0 Å². The molecule has 3 nitrogen and oxygen atoms in total. The van der Waals surface area contributed by atoms with Crippen LogP contribution in [0.15, 0.2) is 6.07 Å². The van der Waals surface area contributed by atoms with Crippen LogP contribution in [0.1, 0.15) is 6.92 Å². The molecule has 0 N–H and O–H groups in total. The minimum atomic E-state index is 0.356. The molecule has 1 aromatic heterocycles. The lowest BCUT2D eigenvalue weighted by Gasteiger charge is -2.16. The Kier molecular flexibility index (Phi) is 3.12. The van der Waals surface area contributed by atoms with Crippen molar-refractivity contribution < 1.29 is 0 Å². The van der Waals surface area contributed by atoms with E-state index in [4.69, 9.17) is 23.2 Å². The second-order valence-corrected chi connectivity index (χ2v) is 3.10. The predicted octanol–water partition coefficient (Wildman–Crippen LogP) is 2.24. The van der Waals surface area contributed by atoms with Gasteiger partial charge in [0, 0.05) is 19.7 Å². The summed E-state index contributed by atoms with van der Waals surface area (Å²) in [6.45, 7) is 2.87. The monoisotopic (exact) mass is 205 g/mol. The van der Waals surface area contributed by atoms with Gasteiger partial charge in [-0.2, -0.15) is 0 Å². The molecule has 5 heteroatoms. The van der Waals surface area contributed by atoms with Crippen LogP contribution in [0.4, 0.5) is 5.69 Å². The maximum atomic E-state index is 5.80. The molecular formula is C7H9Cl2N3. The number of aromatic nitrogens is 2. The molecule has 0 saturated carbocycles. The van der Waals surface area contributed by atoms with Gasteiger partial charge in [0.25, 0.3) is 0 Å². The van der Waals surface area contributed by atoms with Crippen molar-refractivity contribution in [3.63, 3.8) is 0 Å². The fourth-order valence-electron chi connectivity index (χ4n) is 0.782. The zero-order valence-electron chi connectivity index (χ0n) is 6.88. The first-order valence-corrected chi connectivity index (χ1v) is 4.30. The number of anilines is 1. The highest BCUT2D eigenvalue weighted by Gasteiger charge is 2.06. The molecule has 1 heterocycles. The molecule has 66 valence electrons. The van der Waals surface area contributed by atoms with E-state index in [2.05, 4.69) is 10.2 Å². The Balaban J connectivity index is 3.04. The molecule has 0 saturated heterocycles. The highest BCUT2D eigenvalue weighted by molar-refractivity contribution is 6.33. The fourth-order valence-corrected chi connectivity index (χ4v) is 1.16. The molecule has 1 aromatic rings. The molecule has 12 heavy (non-hydrogen) atoms. The fraction of sp³-hybridized carbons (Fsp3) is 0.429. The lowest BCUT2D eigenvalue weighted by atomic mass is 10.4. The van der Waals surface area contributed by atoms with Gasteiger partial charge in [0.1, 0.15) is 0 Å². The second-order valence-electron chi connectivity index (χ2n) is 2.36. The average Bonchev–Trinajstić information content (AvgIpc) is 2.08. The van der Waals surface area contributed by atoms with Gasteiger partial charge in [0.2, 0.25) is 0 Å². The Bertz CT molecular complexity index is 277. The summed E-state index contributed by atoms with van der Waals surface area (Å²) in [4.78, 5) is 1.95. The molecule has 0 amide bonds. The van der Waals surface area contributed by atoms with Gasteiger partial charge >= 0.3 is 0 Å². The molecular weight excluding hydrogens is 197 g/mol. The average molecular weight is 206 g/mol. The summed E-state index contributed by atoms with van der Waals surface area (Å²) in [5.41, 5.74) is 0.805. The number of rotatable bonds is 2. The van der Waals surface area contributed by atoms with Gasteiger partial charge in [0.15, 0.2) is 10.3 Å². The lowest BCUT2D eigenvalue weighted by molar-refractivity contribution is 0.938. The summed E-state index contributed by atoms with van der Waals surface area (Å²) in [5.74, 6) is 0. The van der Waals surface area contributed by atoms with E-state index in [1.165, 1.54) is 0 Å². The summed E-state index contributed by atoms with van der Waals surface area (Å²) < 4.78 is 0. The minimum absolute atomic E-state index is 0.356. The smallest absolute Gasteiger partial charge is 0.175 e. The molecule has 0 unspecified atom stereocenters. The summed E-state index contributed by atoms with van der Waals surface area (Å²) >= 11 is 11.5. The van der Waals surface area contributed by atoms with Crippen molar-refractivity contribution in [2.45, 2.75) is 6.92 Å². The molecule has 0 radical (unpaired) electrons. The molecule has 0 aliphatic rings. The number of nitrogens with zero attached hydrogens (tertiary/aromatic N) is 3. The normalized spacial score (nSPS) is 10.0. The Labute approximate surface area is 81.3 Å². The highest BCUT2D eigenvalue weighted by Crippen LogP contribution is 2.23. The topological polar surface area (TPSA) is 29.0 Å². The third kappa shape index (κ3) is 1.99. The zero-order chi connectivity index (χ0) is 9.14. The molecule has 0 spiro atoms. The summed E-state index contributed by atoms with van der Waals surface area (Å²) in [6.07, 6.45) is 0. The van der Waals surface area contributed by atoms with Gasteiger partial charge in [0.05, 0.1) is 5.69 Å². The van der Waals surface area contributed by atoms with Crippen molar-refractivity contribution in [3.05, 3.63) is 16.4 Å². The van der Waals surface area contributed by atoms with Crippen LogP contribution in [0.25, 0.3) is 0 Å². The Morgan fingerprint density at radius 3 is 2.67 bits per heavy atom. The van der Waals surface area contributed by atoms with Crippen molar-refractivity contribution in [1.82, 2.24) is 10.2 Å². The Hall–Kier alpha value is -0.540. The minimum Gasteiger partial charge on any atom is -0.372 e. The van der Waals surface area contributed by atoms with Gasteiger partial charge in [-0.15, -0.1) is 10.2 Å². The van der Waals surface area contributed by atoms with Crippen LogP contribution in [0.3, 0.4) is 0 Å². The van der Waals surface area contributed by atoms with E-state index < -0.39 is 0 Å². The van der Waals surface area contributed by atoms with Crippen LogP contribution in [-0.4, -0.2) is 23.8 Å². The maximum absolute atomic E-state index is 5.80. The van der Waals surface area contributed by atoms with Crippen LogP contribution in [0, 0.1) is 0 Å². The summed E-state index contributed by atoms with van der Waals surface area (Å²) in [7, 11) is 1.92. The third-order valence-electron chi connectivity index (χ3n) is 1.59. The van der Waals surface area contributed by atoms with E-state index in [1.807, 2.05) is 18.9 Å². The maximum Gasteiger partial charge on any atom is 0.175 e. The van der Waals surface area contributed by atoms with E-state index in [1.54, 1.807) is 6.07 Å². The van der Waals surface area contributed by atoms with Gasteiger partial charge < -0.3 is 4.90 Å². The van der Waals surface area contributed by atoms with Crippen LogP contribution in [-0.2, 0) is 0 Å². The Morgan fingerprint density at radius 1 is 1.42 bits per heavy atom. The molecule has 1 rings (SSSR count). The van der Waals surface area contributed by atoms with Crippen LogP contribution in [0.2, 0.25) is 10.3 Å². The lowest BCUT2D eigenvalue weighted by Crippen LogP contribution is -2.16. The van der Waals surface area contributed by atoms with Crippen molar-refractivity contribution >= 4 is 28.9 Å². The van der Waals surface area contributed by atoms with Crippen LogP contribution >= 0.6 is 23.2 Å². The van der Waals surface area contributed by atoms with E-state index in [9.17, 15) is 0 Å². The first-order chi connectivity index (χ1) is 5.65. The molecule has 0 aliphatic carbocycles. The van der Waals surface area contributed by atoms with Gasteiger partial charge in [-0.3, -0.25) is 0 Å². The summed E-state index contributed by atoms with van der Waals surface area (Å²) in [6, 6.07) is 1.69. The highest BCUT2D eigenvalue weighted by atomic mass is 35.5. The number of hydrogen-bond donors (Lipinski definition) is 0. The van der Waals surface area contributed by atoms with Crippen molar-refractivity contribution in [2.24, 2.45) is 0 Å². The quantitative estimate of drug-likeness (QED) is 0.742. The van der Waals surface area contributed by atoms with E-state index in [-0.39, 0.29) is 0 Å². The predicted molar refractivity (Wildman–Crippen MR) is 51.0 cm³/mol. The van der Waals surface area contributed by atoms with Crippen molar-refractivity contribution in [2.75, 3.05) is 18.5 Å². The largest absolute Gasteiger partial charge is 0.372 e. The molecule has 0 aliphatic heterocycles. The molecule has 0 atom stereocenters. The van der Waals surface area contributed by atoms with Crippen LogP contribution < -0.4 is 4.90 Å². The zero-order valence-corrected chi connectivity index (χ0v) is 8.39. The first kappa shape index (κ1) is 9.55.